The van der Waals surface area contributed by atoms with Gasteiger partial charge in [0.25, 0.3) is 11.8 Å². The number of hydrogen-bond donors (Lipinski definition) is 3. The van der Waals surface area contributed by atoms with E-state index in [1.807, 2.05) is 30.3 Å². The molecule has 0 radical (unpaired) electrons. The van der Waals surface area contributed by atoms with E-state index < -0.39 is 11.8 Å². The second-order valence-corrected chi connectivity index (χ2v) is 6.45. The number of nitrogens with one attached hydrogen (secondary N) is 2. The van der Waals surface area contributed by atoms with Gasteiger partial charge in [0.2, 0.25) is 0 Å². The third-order valence-electron chi connectivity index (χ3n) is 3.20. The Bertz CT molecular complexity index is 927. The smallest absolute Gasteiger partial charge is 0.270 e. The number of thiazole rings is 1. The molecular weight excluding hydrogens is 360 g/mol. The van der Waals surface area contributed by atoms with E-state index in [4.69, 9.17) is 17.3 Å². The van der Waals surface area contributed by atoms with E-state index in [9.17, 15) is 9.59 Å². The fraction of sp³-hybridized carbons (Fsp3) is 0. The first-order valence-electron chi connectivity index (χ1n) is 7.22. The second kappa shape index (κ2) is 7.33. The Balaban J connectivity index is 1.85. The minimum absolute atomic E-state index is 0.00110. The molecule has 0 aliphatic rings. The van der Waals surface area contributed by atoms with Gasteiger partial charge in [-0.2, -0.15) is 0 Å². The van der Waals surface area contributed by atoms with Crippen molar-refractivity contribution in [3.8, 4) is 0 Å². The molecule has 0 fully saturated rings. The summed E-state index contributed by atoms with van der Waals surface area (Å²) in [4.78, 5) is 28.1. The molecular formula is C17H13ClN4O2S. The second-order valence-electron chi connectivity index (χ2n) is 5.02. The summed E-state index contributed by atoms with van der Waals surface area (Å²) in [6, 6.07) is 15.8. The van der Waals surface area contributed by atoms with Crippen molar-refractivity contribution in [2.45, 2.75) is 0 Å². The average Bonchev–Trinajstić information content (AvgIpc) is 2.98. The molecule has 1 heterocycles. The molecule has 1 aromatic heterocycles. The molecule has 0 unspecified atom stereocenters. The normalized spacial score (nSPS) is 10.3. The highest BCUT2D eigenvalue weighted by atomic mass is 35.5. The van der Waals surface area contributed by atoms with Crippen LogP contribution in [0.25, 0.3) is 0 Å². The fourth-order valence-electron chi connectivity index (χ4n) is 2.08. The van der Waals surface area contributed by atoms with E-state index in [2.05, 4.69) is 15.6 Å². The number of rotatable bonds is 5. The van der Waals surface area contributed by atoms with Crippen molar-refractivity contribution in [3.63, 3.8) is 0 Å². The molecule has 0 saturated carbocycles. The van der Waals surface area contributed by atoms with E-state index in [1.165, 1.54) is 6.07 Å². The first kappa shape index (κ1) is 16.9. The Hall–Kier alpha value is -2.90. The highest BCUT2D eigenvalue weighted by Gasteiger charge is 2.19. The zero-order valence-electron chi connectivity index (χ0n) is 12.8. The molecule has 0 aliphatic heterocycles. The van der Waals surface area contributed by atoms with Gasteiger partial charge in [0.15, 0.2) is 10.8 Å². The van der Waals surface area contributed by atoms with Crippen molar-refractivity contribution in [2.75, 3.05) is 10.6 Å². The molecule has 8 heteroatoms. The predicted molar refractivity (Wildman–Crippen MR) is 99.8 cm³/mol. The Morgan fingerprint density at radius 1 is 1.08 bits per heavy atom. The van der Waals surface area contributed by atoms with Crippen LogP contribution in [0.1, 0.15) is 20.8 Å². The summed E-state index contributed by atoms with van der Waals surface area (Å²) in [5.41, 5.74) is 6.54. The number of amides is 2. The summed E-state index contributed by atoms with van der Waals surface area (Å²) in [7, 11) is 0. The number of primary amides is 1. The Morgan fingerprint density at radius 2 is 1.84 bits per heavy atom. The lowest BCUT2D eigenvalue weighted by molar-refractivity contribution is 0.0997. The number of nitrogens with two attached hydrogens (primary N) is 1. The molecule has 3 aromatic rings. The van der Waals surface area contributed by atoms with E-state index in [0.29, 0.717) is 15.7 Å². The zero-order chi connectivity index (χ0) is 17.8. The maximum Gasteiger partial charge on any atom is 0.270 e. The summed E-state index contributed by atoms with van der Waals surface area (Å²) in [6.45, 7) is 0. The van der Waals surface area contributed by atoms with Gasteiger partial charge in [-0.05, 0) is 30.3 Å². The molecule has 25 heavy (non-hydrogen) atoms. The van der Waals surface area contributed by atoms with Gasteiger partial charge in [0.1, 0.15) is 5.00 Å². The van der Waals surface area contributed by atoms with E-state index in [1.54, 1.807) is 18.2 Å². The number of hydrogen-bond acceptors (Lipinski definition) is 5. The number of benzene rings is 2. The average molecular weight is 373 g/mol. The van der Waals surface area contributed by atoms with Crippen LogP contribution in [-0.4, -0.2) is 16.8 Å². The first-order valence-corrected chi connectivity index (χ1v) is 8.42. The Morgan fingerprint density at radius 3 is 2.52 bits per heavy atom. The van der Waals surface area contributed by atoms with Crippen molar-refractivity contribution >= 4 is 50.6 Å². The van der Waals surface area contributed by atoms with Crippen molar-refractivity contribution in [1.82, 2.24) is 4.98 Å². The molecule has 0 bridgehead atoms. The molecule has 2 aromatic carbocycles. The molecule has 6 nitrogen and oxygen atoms in total. The summed E-state index contributed by atoms with van der Waals surface area (Å²) in [5, 5.41) is 6.89. The van der Waals surface area contributed by atoms with Crippen LogP contribution in [0.15, 0.2) is 54.6 Å². The van der Waals surface area contributed by atoms with Crippen LogP contribution >= 0.6 is 22.9 Å². The van der Waals surface area contributed by atoms with E-state index in [-0.39, 0.29) is 10.7 Å². The van der Waals surface area contributed by atoms with Crippen LogP contribution in [-0.2, 0) is 0 Å². The van der Waals surface area contributed by atoms with Gasteiger partial charge in [-0.1, -0.05) is 47.2 Å². The highest BCUT2D eigenvalue weighted by Crippen LogP contribution is 2.31. The number of anilines is 3. The lowest BCUT2D eigenvalue weighted by Crippen LogP contribution is -2.17. The minimum atomic E-state index is -0.723. The molecule has 2 amide bonds. The summed E-state index contributed by atoms with van der Waals surface area (Å²) in [5.74, 6) is -1.13. The molecule has 0 saturated heterocycles. The van der Waals surface area contributed by atoms with Crippen LogP contribution in [0.2, 0.25) is 5.02 Å². The Kier molecular flexibility index (Phi) is 4.97. The number of aromatic nitrogens is 1. The first-order chi connectivity index (χ1) is 12.0. The molecule has 3 rings (SSSR count). The standard InChI is InChI=1S/C17H13ClN4O2S/c18-11-6-4-5-10(9-11)15(24)22-16-13(14(19)23)21-17(25-16)20-12-7-2-1-3-8-12/h1-9H,(H2,19,23)(H,20,21)(H,22,24). The molecule has 126 valence electrons. The van der Waals surface area contributed by atoms with Crippen LogP contribution in [0, 0.1) is 0 Å². The predicted octanol–water partition coefficient (Wildman–Crippen LogP) is 3.89. The van der Waals surface area contributed by atoms with Gasteiger partial charge in [-0.3, -0.25) is 9.59 Å². The maximum absolute atomic E-state index is 12.3. The number of carbonyl (C=O) groups excluding carboxylic acids is 2. The van der Waals surface area contributed by atoms with Gasteiger partial charge in [0, 0.05) is 16.3 Å². The molecule has 4 N–H and O–H groups in total. The van der Waals surface area contributed by atoms with Crippen LogP contribution < -0.4 is 16.4 Å². The van der Waals surface area contributed by atoms with Crippen molar-refractivity contribution in [1.29, 1.82) is 0 Å². The molecule has 0 aliphatic carbocycles. The minimum Gasteiger partial charge on any atom is -0.364 e. The van der Waals surface area contributed by atoms with Crippen molar-refractivity contribution in [2.24, 2.45) is 5.73 Å². The van der Waals surface area contributed by atoms with Gasteiger partial charge in [-0.25, -0.2) is 4.98 Å². The number of carbonyl (C=O) groups is 2. The van der Waals surface area contributed by atoms with Crippen molar-refractivity contribution in [3.05, 3.63) is 70.9 Å². The number of para-hydroxylation sites is 1. The highest BCUT2D eigenvalue weighted by molar-refractivity contribution is 7.20. The SMILES string of the molecule is NC(=O)c1nc(Nc2ccccc2)sc1NC(=O)c1cccc(Cl)c1. The Labute approximate surface area is 152 Å². The lowest BCUT2D eigenvalue weighted by Gasteiger charge is -2.04. The van der Waals surface area contributed by atoms with Gasteiger partial charge in [-0.15, -0.1) is 0 Å². The topological polar surface area (TPSA) is 97.1 Å². The number of halogens is 1. The van der Waals surface area contributed by atoms with Crippen LogP contribution in [0.4, 0.5) is 15.8 Å². The van der Waals surface area contributed by atoms with Gasteiger partial charge >= 0.3 is 0 Å². The van der Waals surface area contributed by atoms with Gasteiger partial charge < -0.3 is 16.4 Å². The van der Waals surface area contributed by atoms with E-state index >= 15 is 0 Å². The summed E-state index contributed by atoms with van der Waals surface area (Å²) >= 11 is 7.02. The van der Waals surface area contributed by atoms with E-state index in [0.717, 1.165) is 17.0 Å². The third kappa shape index (κ3) is 4.14. The summed E-state index contributed by atoms with van der Waals surface area (Å²) in [6.07, 6.45) is 0. The van der Waals surface area contributed by atoms with Crippen LogP contribution in [0.5, 0.6) is 0 Å². The zero-order valence-corrected chi connectivity index (χ0v) is 14.4. The van der Waals surface area contributed by atoms with Crippen LogP contribution in [0.3, 0.4) is 0 Å². The molecule has 0 spiro atoms. The van der Waals surface area contributed by atoms with Crippen molar-refractivity contribution < 1.29 is 9.59 Å². The fourth-order valence-corrected chi connectivity index (χ4v) is 3.15. The lowest BCUT2D eigenvalue weighted by atomic mass is 10.2. The third-order valence-corrected chi connectivity index (χ3v) is 4.32. The molecule has 0 atom stereocenters. The summed E-state index contributed by atoms with van der Waals surface area (Å²) < 4.78 is 0. The van der Waals surface area contributed by atoms with Gasteiger partial charge in [0.05, 0.1) is 0 Å². The largest absolute Gasteiger partial charge is 0.364 e. The monoisotopic (exact) mass is 372 g/mol. The number of nitrogens with zero attached hydrogens (tertiary/aromatic N) is 1. The quantitative estimate of drug-likeness (QED) is 0.632. The maximum atomic E-state index is 12.3.